The highest BCUT2D eigenvalue weighted by atomic mass is 127. The molecule has 1 heterocycles. The van der Waals surface area contributed by atoms with Gasteiger partial charge < -0.3 is 10.1 Å². The predicted molar refractivity (Wildman–Crippen MR) is 89.1 cm³/mol. The van der Waals surface area contributed by atoms with Gasteiger partial charge in [-0.25, -0.2) is 4.39 Å². The van der Waals surface area contributed by atoms with Gasteiger partial charge in [-0.05, 0) is 53.8 Å². The fourth-order valence-corrected chi connectivity index (χ4v) is 3.16. The summed E-state index contributed by atoms with van der Waals surface area (Å²) in [6.07, 6.45) is 1.72. The number of aromatic nitrogens is 2. The van der Waals surface area contributed by atoms with Gasteiger partial charge >= 0.3 is 0 Å². The number of ether oxygens (including phenoxy) is 1. The van der Waals surface area contributed by atoms with E-state index in [1.54, 1.807) is 19.4 Å². The summed E-state index contributed by atoms with van der Waals surface area (Å²) in [5, 5.41) is 7.80. The molecule has 1 aromatic heterocycles. The van der Waals surface area contributed by atoms with Gasteiger partial charge in [0.2, 0.25) is 0 Å². The van der Waals surface area contributed by atoms with Gasteiger partial charge in [0.15, 0.2) is 5.75 Å². The molecular weight excluding hydrogens is 384 g/mol. The number of benzene rings is 1. The summed E-state index contributed by atoms with van der Waals surface area (Å²) < 4.78 is 21.6. The second-order valence-corrected chi connectivity index (χ2v) is 5.73. The van der Waals surface area contributed by atoms with E-state index in [9.17, 15) is 4.39 Å². The van der Waals surface area contributed by atoms with Crippen LogP contribution in [0.25, 0.3) is 0 Å². The summed E-state index contributed by atoms with van der Waals surface area (Å²) in [5.41, 5.74) is 1.98. The fourth-order valence-electron chi connectivity index (χ4n) is 2.37. The molecule has 21 heavy (non-hydrogen) atoms. The van der Waals surface area contributed by atoms with Gasteiger partial charge in [0, 0.05) is 10.1 Å². The van der Waals surface area contributed by atoms with Crippen LogP contribution < -0.4 is 10.1 Å². The maximum absolute atomic E-state index is 13.4. The highest BCUT2D eigenvalue weighted by molar-refractivity contribution is 14.1. The van der Waals surface area contributed by atoms with Crippen molar-refractivity contribution in [2.75, 3.05) is 13.7 Å². The number of rotatable bonds is 6. The standard InChI is InChI=1S/C15H19FIN3O/c1-4-18-14(11-7-6-10(16)8-12(11)17)15-13(21-3)9-19-20(15)5-2/h6-9,14,18H,4-5H2,1-3H3. The van der Waals surface area contributed by atoms with Crippen LogP contribution in [0.4, 0.5) is 4.39 Å². The summed E-state index contributed by atoms with van der Waals surface area (Å²) in [7, 11) is 1.64. The number of nitrogens with zero attached hydrogens (tertiary/aromatic N) is 2. The van der Waals surface area contributed by atoms with Crippen molar-refractivity contribution >= 4 is 22.6 Å². The molecular formula is C15H19FIN3O. The Bertz CT molecular complexity index is 593. The van der Waals surface area contributed by atoms with Crippen molar-refractivity contribution in [1.29, 1.82) is 0 Å². The van der Waals surface area contributed by atoms with Crippen LogP contribution in [0.15, 0.2) is 24.4 Å². The SMILES string of the molecule is CCNC(c1ccc(F)cc1I)c1c(OC)cnn1CC. The molecule has 2 rings (SSSR count). The van der Waals surface area contributed by atoms with Gasteiger partial charge in [-0.3, -0.25) is 4.68 Å². The van der Waals surface area contributed by atoms with E-state index >= 15 is 0 Å². The summed E-state index contributed by atoms with van der Waals surface area (Å²) in [5.74, 6) is 0.511. The fraction of sp³-hybridized carbons (Fsp3) is 0.400. The van der Waals surface area contributed by atoms with E-state index < -0.39 is 0 Å². The number of nitrogens with one attached hydrogen (secondary N) is 1. The molecule has 0 bridgehead atoms. The Morgan fingerprint density at radius 3 is 2.76 bits per heavy atom. The normalized spacial score (nSPS) is 12.4. The molecule has 0 aliphatic heterocycles. The summed E-state index contributed by atoms with van der Waals surface area (Å²) in [6, 6.07) is 4.76. The molecule has 0 aliphatic rings. The van der Waals surface area contributed by atoms with Gasteiger partial charge in [0.25, 0.3) is 0 Å². The second-order valence-electron chi connectivity index (χ2n) is 4.57. The van der Waals surface area contributed by atoms with E-state index in [1.807, 2.05) is 24.6 Å². The summed E-state index contributed by atoms with van der Waals surface area (Å²) in [6.45, 7) is 5.62. The monoisotopic (exact) mass is 403 g/mol. The third kappa shape index (κ3) is 3.37. The van der Waals surface area contributed by atoms with Crippen LogP contribution in [0.1, 0.15) is 31.1 Å². The molecule has 1 atom stereocenters. The Balaban J connectivity index is 2.55. The van der Waals surface area contributed by atoms with Crippen LogP contribution in [0.5, 0.6) is 5.75 Å². The summed E-state index contributed by atoms with van der Waals surface area (Å²) in [4.78, 5) is 0. The molecule has 0 radical (unpaired) electrons. The Morgan fingerprint density at radius 1 is 1.43 bits per heavy atom. The lowest BCUT2D eigenvalue weighted by molar-refractivity contribution is 0.399. The van der Waals surface area contributed by atoms with Crippen LogP contribution >= 0.6 is 22.6 Å². The minimum atomic E-state index is -0.227. The average molecular weight is 403 g/mol. The lowest BCUT2D eigenvalue weighted by Gasteiger charge is -2.22. The number of hydrogen-bond acceptors (Lipinski definition) is 3. The Hall–Kier alpha value is -1.15. The molecule has 6 heteroatoms. The molecule has 1 aromatic carbocycles. The highest BCUT2D eigenvalue weighted by Gasteiger charge is 2.24. The van der Waals surface area contributed by atoms with Gasteiger partial charge in [-0.2, -0.15) is 5.10 Å². The van der Waals surface area contributed by atoms with Crippen molar-refractivity contribution < 1.29 is 9.13 Å². The number of methoxy groups -OCH3 is 1. The van der Waals surface area contributed by atoms with Gasteiger partial charge in [-0.1, -0.05) is 13.0 Å². The van der Waals surface area contributed by atoms with Crippen molar-refractivity contribution in [2.45, 2.75) is 26.4 Å². The quantitative estimate of drug-likeness (QED) is 0.753. The second kappa shape index (κ2) is 7.22. The molecule has 114 valence electrons. The van der Waals surface area contributed by atoms with E-state index in [1.165, 1.54) is 6.07 Å². The zero-order valence-electron chi connectivity index (χ0n) is 12.4. The molecule has 0 saturated carbocycles. The lowest BCUT2D eigenvalue weighted by Crippen LogP contribution is -2.26. The topological polar surface area (TPSA) is 39.1 Å². The smallest absolute Gasteiger partial charge is 0.161 e. The molecule has 2 aromatic rings. The molecule has 0 aliphatic carbocycles. The highest BCUT2D eigenvalue weighted by Crippen LogP contribution is 2.32. The van der Waals surface area contributed by atoms with Gasteiger partial charge in [0.1, 0.15) is 11.5 Å². The van der Waals surface area contributed by atoms with E-state index in [4.69, 9.17) is 4.74 Å². The third-order valence-electron chi connectivity index (χ3n) is 3.32. The van der Waals surface area contributed by atoms with E-state index in [0.29, 0.717) is 0 Å². The van der Waals surface area contributed by atoms with Crippen LogP contribution in [0.2, 0.25) is 0 Å². The Morgan fingerprint density at radius 2 is 2.19 bits per heavy atom. The van der Waals surface area contributed by atoms with Crippen molar-refractivity contribution in [3.05, 3.63) is 45.0 Å². The number of halogens is 2. The molecule has 4 nitrogen and oxygen atoms in total. The number of aryl methyl sites for hydroxylation is 1. The minimum Gasteiger partial charge on any atom is -0.493 e. The molecule has 0 spiro atoms. The largest absolute Gasteiger partial charge is 0.493 e. The van der Waals surface area contributed by atoms with E-state index in [2.05, 4.69) is 33.0 Å². The first-order chi connectivity index (χ1) is 10.1. The molecule has 0 fully saturated rings. The van der Waals surface area contributed by atoms with Crippen LogP contribution in [0.3, 0.4) is 0 Å². The van der Waals surface area contributed by atoms with E-state index in [0.717, 1.165) is 33.7 Å². The maximum atomic E-state index is 13.4. The first kappa shape index (κ1) is 16.2. The van der Waals surface area contributed by atoms with Crippen LogP contribution in [-0.4, -0.2) is 23.4 Å². The van der Waals surface area contributed by atoms with Crippen LogP contribution in [0, 0.1) is 9.39 Å². The average Bonchev–Trinajstić information content (AvgIpc) is 2.88. The van der Waals surface area contributed by atoms with Crippen molar-refractivity contribution in [3.63, 3.8) is 0 Å². The minimum absolute atomic E-state index is 0.0834. The van der Waals surface area contributed by atoms with Gasteiger partial charge in [0.05, 0.1) is 19.3 Å². The first-order valence-corrected chi connectivity index (χ1v) is 7.98. The lowest BCUT2D eigenvalue weighted by atomic mass is 10.0. The maximum Gasteiger partial charge on any atom is 0.161 e. The van der Waals surface area contributed by atoms with Crippen molar-refractivity contribution in [3.8, 4) is 5.75 Å². The Kier molecular flexibility index (Phi) is 5.58. The third-order valence-corrected chi connectivity index (χ3v) is 4.25. The zero-order valence-corrected chi connectivity index (χ0v) is 14.5. The van der Waals surface area contributed by atoms with Crippen molar-refractivity contribution in [1.82, 2.24) is 15.1 Å². The zero-order chi connectivity index (χ0) is 15.4. The molecule has 1 N–H and O–H groups in total. The van der Waals surface area contributed by atoms with E-state index in [-0.39, 0.29) is 11.9 Å². The molecule has 0 saturated heterocycles. The molecule has 0 amide bonds. The number of hydrogen-bond donors (Lipinski definition) is 1. The van der Waals surface area contributed by atoms with Gasteiger partial charge in [-0.15, -0.1) is 0 Å². The first-order valence-electron chi connectivity index (χ1n) is 6.90. The summed E-state index contributed by atoms with van der Waals surface area (Å²) >= 11 is 2.16. The molecule has 1 unspecified atom stereocenters. The predicted octanol–water partition coefficient (Wildman–Crippen LogP) is 3.35. The Labute approximate surface area is 137 Å². The van der Waals surface area contributed by atoms with Crippen LogP contribution in [-0.2, 0) is 6.54 Å². The van der Waals surface area contributed by atoms with Crippen molar-refractivity contribution in [2.24, 2.45) is 0 Å².